The molecule has 26 heavy (non-hydrogen) atoms. The minimum atomic E-state index is 0.504. The van der Waals surface area contributed by atoms with E-state index in [1.165, 1.54) is 0 Å². The number of benzene rings is 2. The van der Waals surface area contributed by atoms with Crippen molar-refractivity contribution in [3.8, 4) is 23.8 Å². The van der Waals surface area contributed by atoms with Crippen molar-refractivity contribution in [2.75, 3.05) is 18.7 Å². The van der Waals surface area contributed by atoms with Gasteiger partial charge < -0.3 is 9.64 Å². The lowest BCUT2D eigenvalue weighted by atomic mass is 10.1. The van der Waals surface area contributed by atoms with Crippen LogP contribution in [0.15, 0.2) is 41.4 Å². The molecule has 3 aromatic rings. The highest BCUT2D eigenvalue weighted by atomic mass is 16.5. The number of aliphatic imine (C=N–C) groups is 1. The summed E-state index contributed by atoms with van der Waals surface area (Å²) in [5.41, 5.74) is 4.59. The number of tetrazole rings is 1. The lowest BCUT2D eigenvalue weighted by Crippen LogP contribution is -2.22. The molecule has 0 saturated carbocycles. The van der Waals surface area contributed by atoms with Crippen LogP contribution in [-0.2, 0) is 0 Å². The fourth-order valence-electron chi connectivity index (χ4n) is 2.95. The quantitative estimate of drug-likeness (QED) is 0.683. The minimum Gasteiger partial charge on any atom is -0.497 e. The van der Waals surface area contributed by atoms with Crippen LogP contribution in [0.3, 0.4) is 0 Å². The van der Waals surface area contributed by atoms with Gasteiger partial charge in [0.1, 0.15) is 12.4 Å². The fraction of sp³-hybridized carbons (Fsp3) is 0.158. The number of fused-ring (bicyclic) bond motifs is 1. The second-order valence-corrected chi connectivity index (χ2v) is 5.83. The van der Waals surface area contributed by atoms with E-state index < -0.39 is 0 Å². The third kappa shape index (κ3) is 2.67. The van der Waals surface area contributed by atoms with Crippen LogP contribution >= 0.6 is 0 Å². The number of terminal acetylenes is 1. The fourth-order valence-corrected chi connectivity index (χ4v) is 2.95. The van der Waals surface area contributed by atoms with Gasteiger partial charge in [-0.2, -0.15) is 4.68 Å². The van der Waals surface area contributed by atoms with Crippen molar-refractivity contribution in [2.24, 2.45) is 4.99 Å². The predicted molar refractivity (Wildman–Crippen MR) is 99.4 cm³/mol. The molecule has 2 aromatic carbocycles. The van der Waals surface area contributed by atoms with Gasteiger partial charge in [-0.25, -0.2) is 0 Å². The number of nitrogens with zero attached hydrogens (tertiary/aromatic N) is 6. The number of methoxy groups -OCH3 is 1. The molecule has 0 unspecified atom stereocenters. The molecule has 0 atom stereocenters. The zero-order chi connectivity index (χ0) is 18.1. The van der Waals surface area contributed by atoms with E-state index in [4.69, 9.17) is 11.2 Å². The van der Waals surface area contributed by atoms with Gasteiger partial charge in [0.2, 0.25) is 0 Å². The highest BCUT2D eigenvalue weighted by molar-refractivity contribution is 5.92. The summed E-state index contributed by atoms with van der Waals surface area (Å²) in [5, 5.41) is 11.7. The Labute approximate surface area is 150 Å². The Balaban J connectivity index is 1.83. The molecule has 0 N–H and O–H groups in total. The van der Waals surface area contributed by atoms with Gasteiger partial charge in [0.15, 0.2) is 5.82 Å². The smallest absolute Gasteiger partial charge is 0.153 e. The second-order valence-electron chi connectivity index (χ2n) is 5.83. The van der Waals surface area contributed by atoms with E-state index in [9.17, 15) is 0 Å². The van der Waals surface area contributed by atoms with Crippen LogP contribution in [0.25, 0.3) is 5.69 Å². The largest absolute Gasteiger partial charge is 0.497 e. The van der Waals surface area contributed by atoms with E-state index in [2.05, 4.69) is 31.3 Å². The van der Waals surface area contributed by atoms with E-state index >= 15 is 0 Å². The van der Waals surface area contributed by atoms with Crippen LogP contribution in [0.5, 0.6) is 5.75 Å². The molecule has 1 aliphatic heterocycles. The summed E-state index contributed by atoms with van der Waals surface area (Å²) in [6.07, 6.45) is 7.36. The number of ether oxygens (including phenoxy) is 1. The monoisotopic (exact) mass is 344 g/mol. The zero-order valence-corrected chi connectivity index (χ0v) is 14.4. The predicted octanol–water partition coefficient (Wildman–Crippen LogP) is 2.49. The van der Waals surface area contributed by atoms with Crippen molar-refractivity contribution in [2.45, 2.75) is 6.92 Å². The standard InChI is InChI=1S/C19H16N6O/c1-4-14-5-6-19-15(7-14)11-20-12-24(19)16-8-17(10-18(9-16)26-3)25-13(2)21-22-23-25/h1,5-11H,12H2,2-3H3. The number of rotatable bonds is 3. The molecule has 0 radical (unpaired) electrons. The van der Waals surface area contributed by atoms with Crippen LogP contribution in [0.4, 0.5) is 11.4 Å². The Morgan fingerprint density at radius 2 is 2.00 bits per heavy atom. The number of aryl methyl sites for hydroxylation is 1. The van der Waals surface area contributed by atoms with Gasteiger partial charge in [0.05, 0.1) is 18.5 Å². The van der Waals surface area contributed by atoms with Gasteiger partial charge in [0, 0.05) is 35.2 Å². The van der Waals surface area contributed by atoms with Crippen molar-refractivity contribution in [3.05, 3.63) is 53.3 Å². The molecule has 1 aromatic heterocycles. The van der Waals surface area contributed by atoms with Crippen molar-refractivity contribution >= 4 is 17.6 Å². The lowest BCUT2D eigenvalue weighted by molar-refractivity contribution is 0.414. The first kappa shape index (κ1) is 15.8. The van der Waals surface area contributed by atoms with Gasteiger partial charge in [-0.3, -0.25) is 4.99 Å². The summed E-state index contributed by atoms with van der Waals surface area (Å²) >= 11 is 0. The van der Waals surface area contributed by atoms with E-state index in [1.54, 1.807) is 11.8 Å². The van der Waals surface area contributed by atoms with E-state index in [1.807, 2.05) is 49.5 Å². The van der Waals surface area contributed by atoms with E-state index in [-0.39, 0.29) is 0 Å². The minimum absolute atomic E-state index is 0.504. The molecule has 7 heteroatoms. The molecule has 1 aliphatic rings. The average Bonchev–Trinajstić information content (AvgIpc) is 3.12. The maximum Gasteiger partial charge on any atom is 0.153 e. The summed E-state index contributed by atoms with van der Waals surface area (Å²) in [5.74, 6) is 4.06. The summed E-state index contributed by atoms with van der Waals surface area (Å²) < 4.78 is 7.14. The first-order valence-electron chi connectivity index (χ1n) is 8.02. The Hall–Kier alpha value is -3.66. The van der Waals surface area contributed by atoms with Crippen molar-refractivity contribution in [3.63, 3.8) is 0 Å². The molecule has 7 nitrogen and oxygen atoms in total. The molecule has 0 saturated heterocycles. The van der Waals surface area contributed by atoms with Gasteiger partial charge >= 0.3 is 0 Å². The van der Waals surface area contributed by atoms with Gasteiger partial charge in [-0.15, -0.1) is 11.5 Å². The topological polar surface area (TPSA) is 68.4 Å². The maximum absolute atomic E-state index is 5.51. The van der Waals surface area contributed by atoms with Crippen LogP contribution in [0.1, 0.15) is 17.0 Å². The van der Waals surface area contributed by atoms with Gasteiger partial charge in [-0.05, 0) is 41.6 Å². The molecule has 0 amide bonds. The molecule has 0 spiro atoms. The van der Waals surface area contributed by atoms with Crippen LogP contribution < -0.4 is 9.64 Å². The van der Waals surface area contributed by atoms with Crippen molar-refractivity contribution in [1.29, 1.82) is 0 Å². The van der Waals surface area contributed by atoms with Gasteiger partial charge in [-0.1, -0.05) is 5.92 Å². The summed E-state index contributed by atoms with van der Waals surface area (Å²) in [6.45, 7) is 2.35. The highest BCUT2D eigenvalue weighted by Gasteiger charge is 2.18. The Bertz CT molecular complexity index is 1050. The number of anilines is 2. The van der Waals surface area contributed by atoms with Gasteiger partial charge in [0.25, 0.3) is 0 Å². The van der Waals surface area contributed by atoms with Crippen LogP contribution in [0.2, 0.25) is 0 Å². The molecule has 2 heterocycles. The third-order valence-corrected chi connectivity index (χ3v) is 4.23. The molecular formula is C19H16N6O. The average molecular weight is 344 g/mol. The highest BCUT2D eigenvalue weighted by Crippen LogP contribution is 2.34. The summed E-state index contributed by atoms with van der Waals surface area (Å²) in [4.78, 5) is 6.56. The second kappa shape index (κ2) is 6.33. The third-order valence-electron chi connectivity index (χ3n) is 4.23. The van der Waals surface area contributed by atoms with E-state index in [0.29, 0.717) is 18.2 Å². The maximum atomic E-state index is 5.51. The SMILES string of the molecule is C#Cc1ccc2c(c1)C=NCN2c1cc(OC)cc(-n2nnnc2C)c1. The molecule has 4 rings (SSSR count). The molecule has 0 bridgehead atoms. The van der Waals surface area contributed by atoms with Crippen molar-refractivity contribution in [1.82, 2.24) is 20.2 Å². The molecular weight excluding hydrogens is 328 g/mol. The van der Waals surface area contributed by atoms with Crippen molar-refractivity contribution < 1.29 is 4.74 Å². The van der Waals surface area contributed by atoms with E-state index in [0.717, 1.165) is 28.2 Å². The number of hydrogen-bond donors (Lipinski definition) is 0. The molecule has 0 aliphatic carbocycles. The zero-order valence-electron chi connectivity index (χ0n) is 14.4. The number of aromatic nitrogens is 4. The Morgan fingerprint density at radius 3 is 2.73 bits per heavy atom. The number of hydrogen-bond acceptors (Lipinski definition) is 6. The molecule has 0 fully saturated rings. The normalized spacial score (nSPS) is 12.6. The Kier molecular flexibility index (Phi) is 3.86. The molecule has 128 valence electrons. The lowest BCUT2D eigenvalue weighted by Gasteiger charge is -2.28. The van der Waals surface area contributed by atoms with Crippen LogP contribution in [-0.4, -0.2) is 40.2 Å². The first-order valence-corrected chi connectivity index (χ1v) is 8.02. The summed E-state index contributed by atoms with van der Waals surface area (Å²) in [6, 6.07) is 11.8. The van der Waals surface area contributed by atoms with Crippen LogP contribution in [0, 0.1) is 19.3 Å². The first-order chi connectivity index (χ1) is 12.7. The Morgan fingerprint density at radius 1 is 1.15 bits per heavy atom. The summed E-state index contributed by atoms with van der Waals surface area (Å²) in [7, 11) is 1.64.